The Morgan fingerprint density at radius 2 is 1.77 bits per heavy atom. The Labute approximate surface area is 180 Å². The maximum atomic E-state index is 11.7. The first kappa shape index (κ1) is 21.8. The normalized spacial score (nSPS) is 10.5. The van der Waals surface area contributed by atoms with E-state index in [0.717, 1.165) is 16.7 Å². The molecule has 0 aliphatic rings. The quantitative estimate of drug-likeness (QED) is 0.396. The molecule has 1 N–H and O–H groups in total. The summed E-state index contributed by atoms with van der Waals surface area (Å²) in [5.41, 5.74) is 2.78. The van der Waals surface area contributed by atoms with Crippen LogP contribution in [0.2, 0.25) is 0 Å². The van der Waals surface area contributed by atoms with Gasteiger partial charge in [-0.15, -0.1) is 0 Å². The third-order valence-electron chi connectivity index (χ3n) is 4.82. The lowest BCUT2D eigenvalue weighted by atomic mass is 10.1. The molecular formula is C22H24N4O5. The van der Waals surface area contributed by atoms with Crippen molar-refractivity contribution in [3.8, 4) is 23.1 Å². The number of hydrogen-bond donors (Lipinski definition) is 1. The van der Waals surface area contributed by atoms with Gasteiger partial charge in [-0.05, 0) is 61.2 Å². The van der Waals surface area contributed by atoms with Gasteiger partial charge in [0, 0.05) is 6.54 Å². The van der Waals surface area contributed by atoms with Crippen molar-refractivity contribution >= 4 is 11.5 Å². The van der Waals surface area contributed by atoms with Crippen LogP contribution in [-0.2, 0) is 6.42 Å². The second-order valence-electron chi connectivity index (χ2n) is 6.85. The van der Waals surface area contributed by atoms with Crippen LogP contribution >= 0.6 is 0 Å². The Morgan fingerprint density at radius 3 is 2.45 bits per heavy atom. The molecule has 0 spiro atoms. The number of rotatable bonds is 9. The van der Waals surface area contributed by atoms with Crippen LogP contribution in [0.15, 0.2) is 42.7 Å². The highest BCUT2D eigenvalue weighted by molar-refractivity contribution is 5.62. The first-order chi connectivity index (χ1) is 14.9. The Morgan fingerprint density at radius 1 is 1.00 bits per heavy atom. The van der Waals surface area contributed by atoms with E-state index in [9.17, 15) is 10.1 Å². The van der Waals surface area contributed by atoms with E-state index < -0.39 is 4.92 Å². The minimum atomic E-state index is -0.547. The fraction of sp³-hybridized carbons (Fsp3) is 0.273. The van der Waals surface area contributed by atoms with Crippen LogP contribution in [0, 0.1) is 24.0 Å². The van der Waals surface area contributed by atoms with Gasteiger partial charge in [0.1, 0.15) is 12.1 Å². The third-order valence-corrected chi connectivity index (χ3v) is 4.82. The lowest BCUT2D eigenvalue weighted by molar-refractivity contribution is -0.385. The van der Waals surface area contributed by atoms with Crippen LogP contribution in [0.3, 0.4) is 0 Å². The summed E-state index contributed by atoms with van der Waals surface area (Å²) in [7, 11) is 3.14. The van der Waals surface area contributed by atoms with Crippen LogP contribution < -0.4 is 19.5 Å². The van der Waals surface area contributed by atoms with Gasteiger partial charge in [0.2, 0.25) is 5.82 Å². The van der Waals surface area contributed by atoms with Gasteiger partial charge in [-0.2, -0.15) is 4.98 Å². The van der Waals surface area contributed by atoms with E-state index in [1.54, 1.807) is 20.3 Å². The van der Waals surface area contributed by atoms with Crippen LogP contribution in [-0.4, -0.2) is 35.7 Å². The molecule has 3 rings (SSSR count). The molecule has 3 aromatic rings. The molecule has 1 aromatic heterocycles. The van der Waals surface area contributed by atoms with Crippen LogP contribution in [0.1, 0.15) is 16.7 Å². The SMILES string of the molecule is COc1ccc(CCNc2ncnc(Oc3ccc(C)c(C)c3)c2[N+](=O)[O-])cc1OC. The van der Waals surface area contributed by atoms with Gasteiger partial charge in [-0.1, -0.05) is 12.1 Å². The average Bonchev–Trinajstić information content (AvgIpc) is 2.76. The van der Waals surface area contributed by atoms with E-state index >= 15 is 0 Å². The minimum absolute atomic E-state index is 0.0966. The third kappa shape index (κ3) is 5.19. The highest BCUT2D eigenvalue weighted by Gasteiger charge is 2.25. The van der Waals surface area contributed by atoms with Crippen molar-refractivity contribution < 1.29 is 19.1 Å². The van der Waals surface area contributed by atoms with Gasteiger partial charge >= 0.3 is 11.6 Å². The second kappa shape index (κ2) is 9.75. The molecule has 0 saturated heterocycles. The molecule has 0 bridgehead atoms. The molecular weight excluding hydrogens is 400 g/mol. The summed E-state index contributed by atoms with van der Waals surface area (Å²) < 4.78 is 16.2. The van der Waals surface area contributed by atoms with Crippen molar-refractivity contribution in [3.63, 3.8) is 0 Å². The maximum absolute atomic E-state index is 11.7. The molecule has 0 aliphatic heterocycles. The number of methoxy groups -OCH3 is 2. The zero-order valence-electron chi connectivity index (χ0n) is 17.8. The summed E-state index contributed by atoms with van der Waals surface area (Å²) in [6.45, 7) is 4.33. The van der Waals surface area contributed by atoms with Crippen molar-refractivity contribution in [1.82, 2.24) is 9.97 Å². The van der Waals surface area contributed by atoms with Gasteiger partial charge < -0.3 is 19.5 Å². The number of nitrogens with zero attached hydrogens (tertiary/aromatic N) is 3. The molecule has 0 amide bonds. The van der Waals surface area contributed by atoms with Gasteiger partial charge in [0.25, 0.3) is 0 Å². The van der Waals surface area contributed by atoms with Gasteiger partial charge in [0.05, 0.1) is 19.1 Å². The summed E-state index contributed by atoms with van der Waals surface area (Å²) >= 11 is 0. The van der Waals surface area contributed by atoms with Gasteiger partial charge in [-0.3, -0.25) is 10.1 Å². The summed E-state index contributed by atoms with van der Waals surface area (Å²) in [5.74, 6) is 1.72. The Hall–Kier alpha value is -3.88. The van der Waals surface area contributed by atoms with Crippen molar-refractivity contribution in [2.45, 2.75) is 20.3 Å². The van der Waals surface area contributed by atoms with Crippen LogP contribution in [0.25, 0.3) is 0 Å². The van der Waals surface area contributed by atoms with Gasteiger partial charge in [0.15, 0.2) is 11.5 Å². The van der Waals surface area contributed by atoms with E-state index in [0.29, 0.717) is 30.2 Å². The van der Waals surface area contributed by atoms with Crippen LogP contribution in [0.5, 0.6) is 23.1 Å². The highest BCUT2D eigenvalue weighted by atomic mass is 16.6. The number of nitrogens with one attached hydrogen (secondary N) is 1. The summed E-state index contributed by atoms with van der Waals surface area (Å²) in [4.78, 5) is 19.2. The Balaban J connectivity index is 1.76. The largest absolute Gasteiger partial charge is 0.493 e. The minimum Gasteiger partial charge on any atom is -0.493 e. The molecule has 162 valence electrons. The van der Waals surface area contributed by atoms with E-state index in [2.05, 4.69) is 15.3 Å². The fourth-order valence-corrected chi connectivity index (χ4v) is 2.98. The molecule has 9 heteroatoms. The molecule has 9 nitrogen and oxygen atoms in total. The molecule has 0 saturated carbocycles. The van der Waals surface area contributed by atoms with Crippen molar-refractivity contribution in [1.29, 1.82) is 0 Å². The van der Waals surface area contributed by atoms with E-state index in [1.807, 2.05) is 44.2 Å². The first-order valence-corrected chi connectivity index (χ1v) is 9.62. The number of ether oxygens (including phenoxy) is 3. The molecule has 0 atom stereocenters. The van der Waals surface area contributed by atoms with Crippen LogP contribution in [0.4, 0.5) is 11.5 Å². The number of anilines is 1. The number of benzene rings is 2. The predicted octanol–water partition coefficient (Wildman–Crippen LogP) is 4.47. The molecule has 1 heterocycles. The maximum Gasteiger partial charge on any atom is 0.373 e. The van der Waals surface area contributed by atoms with Crippen molar-refractivity contribution in [2.24, 2.45) is 0 Å². The standard InChI is InChI=1S/C22H24N4O5/c1-14-5-7-17(11-15(14)2)31-22-20(26(27)28)21(24-13-25-22)23-10-9-16-6-8-18(29-3)19(12-16)30-4/h5-8,11-13H,9-10H2,1-4H3,(H,23,24,25). The molecule has 2 aromatic carbocycles. The number of hydrogen-bond acceptors (Lipinski definition) is 8. The topological polar surface area (TPSA) is 109 Å². The number of aryl methyl sites for hydroxylation is 2. The van der Waals surface area contributed by atoms with E-state index in [4.69, 9.17) is 14.2 Å². The highest BCUT2D eigenvalue weighted by Crippen LogP contribution is 2.34. The lowest BCUT2D eigenvalue weighted by Crippen LogP contribution is -2.10. The molecule has 0 fully saturated rings. The predicted molar refractivity (Wildman–Crippen MR) is 116 cm³/mol. The summed E-state index contributed by atoms with van der Waals surface area (Å²) in [5, 5.41) is 14.7. The second-order valence-corrected chi connectivity index (χ2v) is 6.85. The van der Waals surface area contributed by atoms with E-state index in [1.165, 1.54) is 6.33 Å². The number of aromatic nitrogens is 2. The summed E-state index contributed by atoms with van der Waals surface area (Å²) in [6.07, 6.45) is 1.83. The zero-order valence-corrected chi connectivity index (χ0v) is 17.8. The van der Waals surface area contributed by atoms with Crippen molar-refractivity contribution in [2.75, 3.05) is 26.1 Å². The number of nitro groups is 1. The van der Waals surface area contributed by atoms with Gasteiger partial charge in [-0.25, -0.2) is 4.98 Å². The first-order valence-electron chi connectivity index (χ1n) is 9.62. The Bertz CT molecular complexity index is 1090. The molecule has 0 aliphatic carbocycles. The monoisotopic (exact) mass is 424 g/mol. The molecule has 31 heavy (non-hydrogen) atoms. The van der Waals surface area contributed by atoms with Crippen molar-refractivity contribution in [3.05, 3.63) is 69.5 Å². The zero-order chi connectivity index (χ0) is 22.4. The Kier molecular flexibility index (Phi) is 6.86. The van der Waals surface area contributed by atoms with E-state index in [-0.39, 0.29) is 17.4 Å². The fourth-order valence-electron chi connectivity index (χ4n) is 2.98. The molecule has 0 radical (unpaired) electrons. The average molecular weight is 424 g/mol. The smallest absolute Gasteiger partial charge is 0.373 e. The summed E-state index contributed by atoms with van der Waals surface area (Å²) in [6, 6.07) is 11.0. The molecule has 0 unspecified atom stereocenters. The lowest BCUT2D eigenvalue weighted by Gasteiger charge is -2.11.